The summed E-state index contributed by atoms with van der Waals surface area (Å²) in [5.74, 6) is 0.729. The molecule has 0 amide bonds. The second-order valence-corrected chi connectivity index (χ2v) is 6.44. The van der Waals surface area contributed by atoms with Crippen molar-refractivity contribution in [3.05, 3.63) is 38.9 Å². The van der Waals surface area contributed by atoms with E-state index in [0.717, 1.165) is 25.7 Å². The number of fused-ring (bicyclic) bond motifs is 1. The van der Waals surface area contributed by atoms with Crippen molar-refractivity contribution >= 4 is 11.0 Å². The second kappa shape index (κ2) is 5.62. The van der Waals surface area contributed by atoms with Crippen LogP contribution in [0.4, 0.5) is 0 Å². The lowest BCUT2D eigenvalue weighted by molar-refractivity contribution is 0.229. The third-order valence-corrected chi connectivity index (χ3v) is 4.64. The molecule has 9 heteroatoms. The van der Waals surface area contributed by atoms with Gasteiger partial charge in [-0.2, -0.15) is 4.98 Å². The van der Waals surface area contributed by atoms with Crippen molar-refractivity contribution < 1.29 is 4.52 Å². The Balaban J connectivity index is 1.82. The number of rotatable bonds is 4. The first-order valence-electron chi connectivity index (χ1n) is 8.28. The Morgan fingerprint density at radius 3 is 2.88 bits per heavy atom. The van der Waals surface area contributed by atoms with Crippen LogP contribution in [-0.4, -0.2) is 24.7 Å². The first-order valence-corrected chi connectivity index (χ1v) is 8.28. The van der Waals surface area contributed by atoms with Crippen LogP contribution >= 0.6 is 0 Å². The molecule has 0 saturated heterocycles. The predicted molar refractivity (Wildman–Crippen MR) is 89.9 cm³/mol. The summed E-state index contributed by atoms with van der Waals surface area (Å²) in [4.78, 5) is 35.1. The van der Waals surface area contributed by atoms with Crippen molar-refractivity contribution in [1.82, 2.24) is 24.7 Å². The molecule has 3 N–H and O–H groups in total. The van der Waals surface area contributed by atoms with Crippen molar-refractivity contribution in [2.24, 2.45) is 5.73 Å². The van der Waals surface area contributed by atoms with E-state index in [2.05, 4.69) is 20.1 Å². The van der Waals surface area contributed by atoms with Gasteiger partial charge in [0.2, 0.25) is 0 Å². The molecule has 0 aliphatic heterocycles. The smallest absolute Gasteiger partial charge is 0.329 e. The van der Waals surface area contributed by atoms with Crippen LogP contribution in [0.2, 0.25) is 0 Å². The molecule has 9 nitrogen and oxygen atoms in total. The molecule has 1 fully saturated rings. The van der Waals surface area contributed by atoms with E-state index < -0.39 is 16.8 Å². The zero-order valence-electron chi connectivity index (χ0n) is 13.8. The van der Waals surface area contributed by atoms with Gasteiger partial charge >= 0.3 is 5.69 Å². The minimum atomic E-state index is -0.523. The number of hydrogen-bond acceptors (Lipinski definition) is 7. The van der Waals surface area contributed by atoms with E-state index >= 15 is 0 Å². The molecule has 0 unspecified atom stereocenters. The molecule has 25 heavy (non-hydrogen) atoms. The first kappa shape index (κ1) is 15.7. The monoisotopic (exact) mass is 342 g/mol. The lowest BCUT2D eigenvalue weighted by Gasteiger charge is -2.34. The molecule has 1 saturated carbocycles. The number of aryl methyl sites for hydroxylation is 1. The van der Waals surface area contributed by atoms with Crippen molar-refractivity contribution in [3.8, 4) is 11.5 Å². The Hall–Kier alpha value is -2.81. The van der Waals surface area contributed by atoms with Gasteiger partial charge < -0.3 is 10.3 Å². The molecule has 0 bridgehead atoms. The molecule has 0 atom stereocenters. The van der Waals surface area contributed by atoms with Gasteiger partial charge in [0.05, 0.1) is 16.5 Å². The lowest BCUT2D eigenvalue weighted by atomic mass is 9.77. The normalized spacial score (nSPS) is 16.1. The van der Waals surface area contributed by atoms with E-state index in [-0.39, 0.29) is 5.89 Å². The van der Waals surface area contributed by atoms with Gasteiger partial charge in [0.1, 0.15) is 5.65 Å². The summed E-state index contributed by atoms with van der Waals surface area (Å²) < 4.78 is 6.75. The number of nitrogens with one attached hydrogen (secondary N) is 1. The summed E-state index contributed by atoms with van der Waals surface area (Å²) in [5.41, 5.74) is 5.59. The van der Waals surface area contributed by atoms with E-state index in [9.17, 15) is 9.59 Å². The number of aromatic nitrogens is 5. The molecule has 3 aromatic rings. The topological polar surface area (TPSA) is 133 Å². The maximum Gasteiger partial charge on any atom is 0.329 e. The third-order valence-electron chi connectivity index (χ3n) is 4.64. The second-order valence-electron chi connectivity index (χ2n) is 6.44. The molecule has 0 spiro atoms. The summed E-state index contributed by atoms with van der Waals surface area (Å²) in [6.45, 7) is 2.42. The van der Waals surface area contributed by atoms with Crippen LogP contribution in [0.25, 0.3) is 22.5 Å². The summed E-state index contributed by atoms with van der Waals surface area (Å²) >= 11 is 0. The highest BCUT2D eigenvalue weighted by Crippen LogP contribution is 2.37. The molecule has 3 heterocycles. The SMILES string of the molecule is CCCn1c(=O)[nH]c(=O)c2cc(-c3nc(C4(N)CCC4)no3)cnc21. The van der Waals surface area contributed by atoms with Gasteiger partial charge in [-0.3, -0.25) is 14.3 Å². The average molecular weight is 342 g/mol. The van der Waals surface area contributed by atoms with E-state index in [0.29, 0.717) is 29.0 Å². The molecule has 0 radical (unpaired) electrons. The van der Waals surface area contributed by atoms with Crippen LogP contribution in [0.15, 0.2) is 26.4 Å². The fourth-order valence-corrected chi connectivity index (χ4v) is 3.04. The lowest BCUT2D eigenvalue weighted by Crippen LogP contribution is -2.44. The largest absolute Gasteiger partial charge is 0.334 e. The van der Waals surface area contributed by atoms with Crippen molar-refractivity contribution in [3.63, 3.8) is 0 Å². The Morgan fingerprint density at radius 2 is 2.20 bits per heavy atom. The molecule has 4 rings (SSSR count). The highest BCUT2D eigenvalue weighted by atomic mass is 16.5. The zero-order valence-corrected chi connectivity index (χ0v) is 13.8. The van der Waals surface area contributed by atoms with Gasteiger partial charge in [0, 0.05) is 12.7 Å². The number of H-pyrrole nitrogens is 1. The number of nitrogens with two attached hydrogens (primary N) is 1. The quantitative estimate of drug-likeness (QED) is 0.719. The van der Waals surface area contributed by atoms with Gasteiger partial charge in [-0.1, -0.05) is 12.1 Å². The van der Waals surface area contributed by atoms with Crippen molar-refractivity contribution in [2.75, 3.05) is 0 Å². The minimum absolute atomic E-state index is 0.258. The van der Waals surface area contributed by atoms with E-state index in [1.54, 1.807) is 6.07 Å². The van der Waals surface area contributed by atoms with E-state index in [1.165, 1.54) is 10.8 Å². The van der Waals surface area contributed by atoms with Gasteiger partial charge in [-0.05, 0) is 31.7 Å². The number of aromatic amines is 1. The number of hydrogen-bond donors (Lipinski definition) is 2. The fraction of sp³-hybridized carbons (Fsp3) is 0.438. The average Bonchev–Trinajstić information content (AvgIpc) is 3.06. The Kier molecular flexibility index (Phi) is 3.53. The standard InChI is InChI=1S/C16H18N6O3/c1-2-6-22-11-10(12(23)19-15(22)24)7-9(8-18-11)13-20-14(21-25-13)16(17)4-3-5-16/h7-8H,2-6,17H2,1H3,(H,19,23,24). The van der Waals surface area contributed by atoms with Gasteiger partial charge in [-0.25, -0.2) is 9.78 Å². The molecule has 130 valence electrons. The molecule has 1 aliphatic carbocycles. The Bertz CT molecular complexity index is 1060. The van der Waals surface area contributed by atoms with E-state index in [1.807, 2.05) is 6.92 Å². The number of pyridine rings is 1. The van der Waals surface area contributed by atoms with Crippen molar-refractivity contribution in [2.45, 2.75) is 44.7 Å². The highest BCUT2D eigenvalue weighted by Gasteiger charge is 2.39. The van der Waals surface area contributed by atoms with Crippen LogP contribution < -0.4 is 17.0 Å². The minimum Gasteiger partial charge on any atom is -0.334 e. The number of nitrogens with zero attached hydrogens (tertiary/aromatic N) is 4. The summed E-state index contributed by atoms with van der Waals surface area (Å²) in [7, 11) is 0. The van der Waals surface area contributed by atoms with Crippen LogP contribution in [0.3, 0.4) is 0 Å². The summed E-state index contributed by atoms with van der Waals surface area (Å²) in [6, 6.07) is 1.61. The molecule has 1 aliphatic rings. The Morgan fingerprint density at radius 1 is 1.40 bits per heavy atom. The van der Waals surface area contributed by atoms with Crippen LogP contribution in [0.5, 0.6) is 0 Å². The molecular formula is C16H18N6O3. The van der Waals surface area contributed by atoms with Gasteiger partial charge in [0.15, 0.2) is 5.82 Å². The van der Waals surface area contributed by atoms with Gasteiger partial charge in [0.25, 0.3) is 11.4 Å². The third kappa shape index (κ3) is 2.47. The van der Waals surface area contributed by atoms with Crippen LogP contribution in [0.1, 0.15) is 38.4 Å². The molecule has 3 aromatic heterocycles. The highest BCUT2D eigenvalue weighted by molar-refractivity contribution is 5.78. The van der Waals surface area contributed by atoms with Crippen molar-refractivity contribution in [1.29, 1.82) is 0 Å². The predicted octanol–water partition coefficient (Wildman–Crippen LogP) is 0.883. The van der Waals surface area contributed by atoms with E-state index in [4.69, 9.17) is 10.3 Å². The van der Waals surface area contributed by atoms with Crippen LogP contribution in [-0.2, 0) is 12.1 Å². The first-order chi connectivity index (χ1) is 12.0. The van der Waals surface area contributed by atoms with Gasteiger partial charge in [-0.15, -0.1) is 0 Å². The zero-order chi connectivity index (χ0) is 17.6. The summed E-state index contributed by atoms with van der Waals surface area (Å²) in [6.07, 6.45) is 4.96. The van der Waals surface area contributed by atoms with Crippen LogP contribution in [0, 0.1) is 0 Å². The summed E-state index contributed by atoms with van der Waals surface area (Å²) in [5, 5.41) is 4.27. The molecular weight excluding hydrogens is 324 g/mol. The molecule has 0 aromatic carbocycles. The fourth-order valence-electron chi connectivity index (χ4n) is 3.04. The maximum absolute atomic E-state index is 12.2. The Labute approximate surface area is 141 Å². The maximum atomic E-state index is 12.2.